The zero-order chi connectivity index (χ0) is 17.8. The van der Waals surface area contributed by atoms with Crippen LogP contribution in [-0.2, 0) is 11.3 Å². The summed E-state index contributed by atoms with van der Waals surface area (Å²) < 4.78 is 14.8. The number of carboxylic acids is 1. The normalized spacial score (nSPS) is 16.4. The second-order valence-electron chi connectivity index (χ2n) is 6.54. The maximum Gasteiger partial charge on any atom is 0.317 e. The molecule has 1 saturated heterocycles. The van der Waals surface area contributed by atoms with Gasteiger partial charge in [-0.1, -0.05) is 0 Å². The van der Waals surface area contributed by atoms with Gasteiger partial charge in [-0.3, -0.25) is 14.6 Å². The molecule has 0 atom stereocenters. The highest BCUT2D eigenvalue weighted by molar-refractivity contribution is 5.69. The zero-order valence-electron chi connectivity index (χ0n) is 14.3. The minimum absolute atomic E-state index is 0.0900. The van der Waals surface area contributed by atoms with Gasteiger partial charge in [-0.2, -0.15) is 5.10 Å². The summed E-state index contributed by atoms with van der Waals surface area (Å²) in [6.07, 6.45) is 3.81. The number of benzene rings is 1. The van der Waals surface area contributed by atoms with Gasteiger partial charge in [-0.25, -0.2) is 9.07 Å². The number of nitrogens with zero attached hydrogens (tertiary/aromatic N) is 4. The molecule has 1 aromatic heterocycles. The fourth-order valence-electron chi connectivity index (χ4n) is 3.27. The number of rotatable bonds is 6. The summed E-state index contributed by atoms with van der Waals surface area (Å²) in [6, 6.07) is 8.56. The molecule has 2 aromatic rings. The first kappa shape index (κ1) is 17.6. The van der Waals surface area contributed by atoms with Crippen LogP contribution in [0.25, 0.3) is 5.69 Å². The first-order chi connectivity index (χ1) is 12.0. The van der Waals surface area contributed by atoms with Crippen molar-refractivity contribution in [2.45, 2.75) is 25.4 Å². The van der Waals surface area contributed by atoms with Gasteiger partial charge in [0.25, 0.3) is 0 Å². The summed E-state index contributed by atoms with van der Waals surface area (Å²) in [5, 5.41) is 13.5. The molecule has 1 fully saturated rings. The Labute approximate surface area is 146 Å². The Balaban J connectivity index is 1.53. The number of aromatic nitrogens is 2. The van der Waals surface area contributed by atoms with Gasteiger partial charge in [0.1, 0.15) is 5.82 Å². The van der Waals surface area contributed by atoms with Gasteiger partial charge in [0.2, 0.25) is 0 Å². The Morgan fingerprint density at radius 1 is 1.28 bits per heavy atom. The lowest BCUT2D eigenvalue weighted by atomic mass is 10.0. The van der Waals surface area contributed by atoms with Crippen LogP contribution in [0.4, 0.5) is 4.39 Å². The summed E-state index contributed by atoms with van der Waals surface area (Å²) in [7, 11) is 1.87. The molecule has 1 N–H and O–H groups in total. The summed E-state index contributed by atoms with van der Waals surface area (Å²) in [5.41, 5.74) is 1.81. The number of aliphatic carboxylic acids is 1. The third-order valence-corrected chi connectivity index (χ3v) is 4.69. The van der Waals surface area contributed by atoms with Crippen molar-refractivity contribution in [3.63, 3.8) is 0 Å². The van der Waals surface area contributed by atoms with Crippen molar-refractivity contribution in [3.05, 3.63) is 48.0 Å². The molecule has 0 unspecified atom stereocenters. The lowest BCUT2D eigenvalue weighted by Gasteiger charge is -2.35. The van der Waals surface area contributed by atoms with Crippen LogP contribution in [0.3, 0.4) is 0 Å². The van der Waals surface area contributed by atoms with Crippen LogP contribution in [0.1, 0.15) is 18.5 Å². The Kier molecular flexibility index (Phi) is 5.45. The number of carbonyl (C=O) groups is 1. The van der Waals surface area contributed by atoms with E-state index >= 15 is 0 Å². The van der Waals surface area contributed by atoms with Gasteiger partial charge in [-0.05, 0) is 50.2 Å². The molecule has 2 heterocycles. The fraction of sp³-hybridized carbons (Fsp3) is 0.444. The molecule has 0 amide bonds. The van der Waals surface area contributed by atoms with Crippen molar-refractivity contribution < 1.29 is 14.3 Å². The van der Waals surface area contributed by atoms with E-state index in [1.165, 1.54) is 12.1 Å². The van der Waals surface area contributed by atoms with E-state index in [0.29, 0.717) is 6.04 Å². The molecule has 25 heavy (non-hydrogen) atoms. The predicted molar refractivity (Wildman–Crippen MR) is 92.1 cm³/mol. The molecule has 3 rings (SSSR count). The Bertz CT molecular complexity index is 708. The zero-order valence-corrected chi connectivity index (χ0v) is 14.3. The maximum atomic E-state index is 13.0. The molecule has 7 heteroatoms. The lowest BCUT2D eigenvalue weighted by molar-refractivity contribution is -0.138. The quantitative estimate of drug-likeness (QED) is 0.867. The van der Waals surface area contributed by atoms with Crippen LogP contribution in [-0.4, -0.2) is 63.4 Å². The van der Waals surface area contributed by atoms with Crippen LogP contribution in [0.2, 0.25) is 0 Å². The number of carboxylic acid groups (broad SMARTS) is 1. The van der Waals surface area contributed by atoms with Crippen molar-refractivity contribution in [2.75, 3.05) is 26.7 Å². The topological polar surface area (TPSA) is 61.6 Å². The van der Waals surface area contributed by atoms with Gasteiger partial charge in [0.15, 0.2) is 0 Å². The van der Waals surface area contributed by atoms with E-state index in [9.17, 15) is 9.18 Å². The maximum absolute atomic E-state index is 13.0. The smallest absolute Gasteiger partial charge is 0.317 e. The molecule has 1 aliphatic rings. The highest BCUT2D eigenvalue weighted by Crippen LogP contribution is 2.17. The van der Waals surface area contributed by atoms with Gasteiger partial charge in [-0.15, -0.1) is 0 Å². The van der Waals surface area contributed by atoms with Gasteiger partial charge in [0.05, 0.1) is 17.9 Å². The van der Waals surface area contributed by atoms with E-state index in [0.717, 1.165) is 43.9 Å². The van der Waals surface area contributed by atoms with Gasteiger partial charge >= 0.3 is 5.97 Å². The van der Waals surface area contributed by atoms with Crippen molar-refractivity contribution in [3.8, 4) is 5.69 Å². The molecule has 134 valence electrons. The number of halogens is 1. The molecule has 0 spiro atoms. The first-order valence-electron chi connectivity index (χ1n) is 8.46. The Hall–Kier alpha value is -2.25. The first-order valence-corrected chi connectivity index (χ1v) is 8.46. The molecule has 0 radical (unpaired) electrons. The summed E-state index contributed by atoms with van der Waals surface area (Å²) >= 11 is 0. The summed E-state index contributed by atoms with van der Waals surface area (Å²) in [5.74, 6) is -1.04. The molecule has 0 saturated carbocycles. The number of hydrogen-bond donors (Lipinski definition) is 1. The third-order valence-electron chi connectivity index (χ3n) is 4.69. The molecular formula is C18H23FN4O2. The summed E-state index contributed by atoms with van der Waals surface area (Å²) in [6.45, 7) is 2.71. The van der Waals surface area contributed by atoms with Gasteiger partial charge < -0.3 is 5.11 Å². The van der Waals surface area contributed by atoms with E-state index in [1.807, 2.05) is 24.2 Å². The molecule has 1 aliphatic heterocycles. The van der Waals surface area contributed by atoms with Gasteiger partial charge in [0, 0.05) is 31.9 Å². The van der Waals surface area contributed by atoms with E-state index in [4.69, 9.17) is 5.11 Å². The molecule has 6 nitrogen and oxygen atoms in total. The monoisotopic (exact) mass is 346 g/mol. The highest BCUT2D eigenvalue weighted by atomic mass is 19.1. The minimum atomic E-state index is -0.781. The van der Waals surface area contributed by atoms with Crippen molar-refractivity contribution >= 4 is 5.97 Å². The molecule has 1 aromatic carbocycles. The van der Waals surface area contributed by atoms with Crippen molar-refractivity contribution in [1.29, 1.82) is 0 Å². The standard InChI is InChI=1S/C18H23FN4O2/c1-21(13-18(24)25)16-7-9-22(10-8-16)12-15-6-11-23(20-15)17-4-2-14(19)3-5-17/h2-6,11,16H,7-10,12-13H2,1H3,(H,24,25). The average Bonchev–Trinajstić information content (AvgIpc) is 3.04. The second-order valence-corrected chi connectivity index (χ2v) is 6.54. The summed E-state index contributed by atoms with van der Waals surface area (Å²) in [4.78, 5) is 15.1. The highest BCUT2D eigenvalue weighted by Gasteiger charge is 2.23. The molecule has 0 aliphatic carbocycles. The second kappa shape index (κ2) is 7.76. The van der Waals surface area contributed by atoms with Crippen molar-refractivity contribution in [1.82, 2.24) is 19.6 Å². The fourth-order valence-corrected chi connectivity index (χ4v) is 3.27. The van der Waals surface area contributed by atoms with E-state index in [-0.39, 0.29) is 12.4 Å². The largest absolute Gasteiger partial charge is 0.480 e. The van der Waals surface area contributed by atoms with Crippen LogP contribution < -0.4 is 0 Å². The number of hydrogen-bond acceptors (Lipinski definition) is 4. The van der Waals surface area contributed by atoms with E-state index in [2.05, 4.69) is 10.00 Å². The van der Waals surface area contributed by atoms with Crippen molar-refractivity contribution in [2.24, 2.45) is 0 Å². The Morgan fingerprint density at radius 3 is 2.60 bits per heavy atom. The lowest BCUT2D eigenvalue weighted by Crippen LogP contribution is -2.44. The minimum Gasteiger partial charge on any atom is -0.480 e. The number of piperidine rings is 1. The Morgan fingerprint density at radius 2 is 1.96 bits per heavy atom. The molecular weight excluding hydrogens is 323 g/mol. The number of likely N-dealkylation sites (N-methyl/N-ethyl adjacent to an activating group) is 1. The number of likely N-dealkylation sites (tertiary alicyclic amines) is 1. The van der Waals surface area contributed by atoms with Crippen LogP contribution in [0.5, 0.6) is 0 Å². The SMILES string of the molecule is CN(CC(=O)O)C1CCN(Cc2ccn(-c3ccc(F)cc3)n2)CC1. The average molecular weight is 346 g/mol. The molecule has 0 bridgehead atoms. The van der Waals surface area contributed by atoms with Crippen LogP contribution in [0, 0.1) is 5.82 Å². The van der Waals surface area contributed by atoms with Crippen LogP contribution in [0.15, 0.2) is 36.5 Å². The van der Waals surface area contributed by atoms with E-state index < -0.39 is 5.97 Å². The van der Waals surface area contributed by atoms with E-state index in [1.54, 1.807) is 16.8 Å². The third kappa shape index (κ3) is 4.64. The van der Waals surface area contributed by atoms with Crippen LogP contribution >= 0.6 is 0 Å². The predicted octanol–water partition coefficient (Wildman–Crippen LogP) is 1.99.